The number of aromatic nitrogens is 1. The van der Waals surface area contributed by atoms with Gasteiger partial charge in [0.2, 0.25) is 5.91 Å². The second-order valence-corrected chi connectivity index (χ2v) is 7.32. The maximum absolute atomic E-state index is 13.0. The van der Waals surface area contributed by atoms with Crippen LogP contribution < -0.4 is 0 Å². The first-order chi connectivity index (χ1) is 13.0. The molecule has 1 atom stereocenters. The van der Waals surface area contributed by atoms with Crippen LogP contribution in [0.15, 0.2) is 4.52 Å². The van der Waals surface area contributed by atoms with Crippen LogP contribution in [0.4, 0.5) is 0 Å². The molecule has 0 bridgehead atoms. The topological polar surface area (TPSA) is 85.1 Å². The molecule has 2 aliphatic rings. The summed E-state index contributed by atoms with van der Waals surface area (Å²) in [4.78, 5) is 29.6. The molecule has 2 saturated heterocycles. The molecule has 3 heterocycles. The molecule has 150 valence electrons. The normalized spacial score (nSPS) is 21.3. The predicted octanol–water partition coefficient (Wildman–Crippen LogP) is 1.55. The van der Waals surface area contributed by atoms with Gasteiger partial charge in [0.05, 0.1) is 5.69 Å². The Morgan fingerprint density at radius 1 is 1.22 bits per heavy atom. The lowest BCUT2D eigenvalue weighted by Gasteiger charge is -2.44. The third-order valence-corrected chi connectivity index (χ3v) is 5.46. The van der Waals surface area contributed by atoms with Gasteiger partial charge < -0.3 is 23.8 Å². The van der Waals surface area contributed by atoms with Crippen LogP contribution in [0.5, 0.6) is 0 Å². The smallest absolute Gasteiger partial charge is 0.259 e. The van der Waals surface area contributed by atoms with Gasteiger partial charge >= 0.3 is 0 Å². The van der Waals surface area contributed by atoms with Crippen molar-refractivity contribution in [1.29, 1.82) is 0 Å². The van der Waals surface area contributed by atoms with E-state index in [9.17, 15) is 9.59 Å². The van der Waals surface area contributed by atoms with Crippen molar-refractivity contribution >= 4 is 11.8 Å². The van der Waals surface area contributed by atoms with Gasteiger partial charge in [0.15, 0.2) is 0 Å². The molecular formula is C19H29N3O5. The average molecular weight is 379 g/mol. The minimum Gasteiger partial charge on any atom is -0.381 e. The van der Waals surface area contributed by atoms with Crippen LogP contribution in [0.2, 0.25) is 0 Å². The number of piperidine rings is 1. The second kappa shape index (κ2) is 8.84. The lowest BCUT2D eigenvalue weighted by molar-refractivity contribution is -0.143. The van der Waals surface area contributed by atoms with E-state index in [0.717, 1.165) is 25.7 Å². The summed E-state index contributed by atoms with van der Waals surface area (Å²) in [6.45, 7) is 6.12. The van der Waals surface area contributed by atoms with E-state index in [1.165, 1.54) is 7.11 Å². The molecule has 0 radical (unpaired) electrons. The van der Waals surface area contributed by atoms with Crippen molar-refractivity contribution in [2.24, 2.45) is 0 Å². The Hall–Kier alpha value is -1.93. The zero-order chi connectivity index (χ0) is 19.4. The molecule has 8 nitrogen and oxygen atoms in total. The number of hydrogen-bond donors (Lipinski definition) is 0. The maximum Gasteiger partial charge on any atom is 0.259 e. The fraction of sp³-hybridized carbons (Fsp3) is 0.737. The molecule has 1 aromatic heterocycles. The Balaban J connectivity index is 1.77. The number of likely N-dealkylation sites (tertiary alicyclic amines) is 1. The summed E-state index contributed by atoms with van der Waals surface area (Å²) >= 11 is 0. The van der Waals surface area contributed by atoms with Gasteiger partial charge in [-0.25, -0.2) is 0 Å². The summed E-state index contributed by atoms with van der Waals surface area (Å²) in [7, 11) is 1.54. The average Bonchev–Trinajstić information content (AvgIpc) is 3.01. The molecule has 2 aliphatic heterocycles. The molecule has 8 heteroatoms. The zero-order valence-electron chi connectivity index (χ0n) is 16.4. The predicted molar refractivity (Wildman–Crippen MR) is 97.5 cm³/mol. The monoisotopic (exact) mass is 379 g/mol. The third-order valence-electron chi connectivity index (χ3n) is 5.46. The van der Waals surface area contributed by atoms with Gasteiger partial charge in [-0.05, 0) is 39.5 Å². The molecule has 27 heavy (non-hydrogen) atoms. The highest BCUT2D eigenvalue weighted by Crippen LogP contribution is 2.25. The van der Waals surface area contributed by atoms with E-state index in [1.807, 2.05) is 9.80 Å². The van der Waals surface area contributed by atoms with E-state index in [2.05, 4.69) is 5.16 Å². The number of carbonyl (C=O) groups excluding carboxylic acids is 2. The first-order valence-electron chi connectivity index (χ1n) is 9.63. The van der Waals surface area contributed by atoms with E-state index >= 15 is 0 Å². The SMILES string of the molecule is COCC(=O)N(C1CCOCC1)C1CCCN(C(=O)c2c(C)noc2C)C1. The highest BCUT2D eigenvalue weighted by atomic mass is 16.5. The van der Waals surface area contributed by atoms with Crippen molar-refractivity contribution in [2.75, 3.05) is 40.0 Å². The molecular weight excluding hydrogens is 350 g/mol. The highest BCUT2D eigenvalue weighted by Gasteiger charge is 2.36. The van der Waals surface area contributed by atoms with Crippen molar-refractivity contribution in [3.63, 3.8) is 0 Å². The molecule has 2 fully saturated rings. The zero-order valence-corrected chi connectivity index (χ0v) is 16.4. The van der Waals surface area contributed by atoms with Gasteiger partial charge in [0.25, 0.3) is 5.91 Å². The quantitative estimate of drug-likeness (QED) is 0.772. The number of methoxy groups -OCH3 is 1. The molecule has 0 aliphatic carbocycles. The molecule has 0 aromatic carbocycles. The van der Waals surface area contributed by atoms with Gasteiger partial charge in [-0.3, -0.25) is 9.59 Å². The lowest BCUT2D eigenvalue weighted by atomic mass is 9.97. The highest BCUT2D eigenvalue weighted by molar-refractivity contribution is 5.96. The Morgan fingerprint density at radius 2 is 1.96 bits per heavy atom. The number of nitrogens with zero attached hydrogens (tertiary/aromatic N) is 3. The van der Waals surface area contributed by atoms with Crippen LogP contribution in [-0.4, -0.2) is 78.9 Å². The fourth-order valence-corrected chi connectivity index (χ4v) is 4.18. The summed E-state index contributed by atoms with van der Waals surface area (Å²) in [5.74, 6) is 0.458. The summed E-state index contributed by atoms with van der Waals surface area (Å²) in [5, 5.41) is 3.89. The van der Waals surface area contributed by atoms with E-state index < -0.39 is 0 Å². The second-order valence-electron chi connectivity index (χ2n) is 7.32. The van der Waals surface area contributed by atoms with Crippen molar-refractivity contribution in [3.05, 3.63) is 17.0 Å². The van der Waals surface area contributed by atoms with Gasteiger partial charge in [-0.15, -0.1) is 0 Å². The number of hydrogen-bond acceptors (Lipinski definition) is 6. The van der Waals surface area contributed by atoms with E-state index in [4.69, 9.17) is 14.0 Å². The van der Waals surface area contributed by atoms with Crippen LogP contribution in [0, 0.1) is 13.8 Å². The molecule has 3 rings (SSSR count). The van der Waals surface area contributed by atoms with Crippen LogP contribution in [0.1, 0.15) is 47.5 Å². The van der Waals surface area contributed by atoms with Gasteiger partial charge in [-0.2, -0.15) is 0 Å². The maximum atomic E-state index is 13.0. The standard InChI is InChI=1S/C19H29N3O5/c1-13-18(14(2)27-20-13)19(24)21-8-4-5-16(11-21)22(17(23)12-25-3)15-6-9-26-10-7-15/h15-16H,4-12H2,1-3H3. The van der Waals surface area contributed by atoms with Crippen molar-refractivity contribution in [1.82, 2.24) is 15.0 Å². The number of rotatable bonds is 5. The van der Waals surface area contributed by atoms with Crippen LogP contribution >= 0.6 is 0 Å². The molecule has 2 amide bonds. The van der Waals surface area contributed by atoms with Crippen molar-refractivity contribution < 1.29 is 23.6 Å². The lowest BCUT2D eigenvalue weighted by Crippen LogP contribution is -2.56. The summed E-state index contributed by atoms with van der Waals surface area (Å²) < 4.78 is 15.7. The Labute approximate surface area is 159 Å². The Morgan fingerprint density at radius 3 is 2.59 bits per heavy atom. The fourth-order valence-electron chi connectivity index (χ4n) is 4.18. The largest absolute Gasteiger partial charge is 0.381 e. The number of carbonyl (C=O) groups is 2. The number of amides is 2. The van der Waals surface area contributed by atoms with Crippen LogP contribution in [0.3, 0.4) is 0 Å². The molecule has 1 unspecified atom stereocenters. The molecule has 0 saturated carbocycles. The first kappa shape index (κ1) is 19.8. The van der Waals surface area contributed by atoms with E-state index in [1.54, 1.807) is 13.8 Å². The number of ether oxygens (including phenoxy) is 2. The third kappa shape index (κ3) is 4.32. The number of aryl methyl sites for hydroxylation is 2. The van der Waals surface area contributed by atoms with E-state index in [0.29, 0.717) is 43.3 Å². The molecule has 0 spiro atoms. The van der Waals surface area contributed by atoms with Crippen molar-refractivity contribution in [3.8, 4) is 0 Å². The molecule has 0 N–H and O–H groups in total. The van der Waals surface area contributed by atoms with E-state index in [-0.39, 0.29) is 30.5 Å². The van der Waals surface area contributed by atoms with Crippen LogP contribution in [-0.2, 0) is 14.3 Å². The summed E-state index contributed by atoms with van der Waals surface area (Å²) in [5.41, 5.74) is 1.15. The Kier molecular flexibility index (Phi) is 6.49. The van der Waals surface area contributed by atoms with Gasteiger partial charge in [0.1, 0.15) is 17.9 Å². The van der Waals surface area contributed by atoms with Crippen molar-refractivity contribution in [2.45, 2.75) is 51.6 Å². The van der Waals surface area contributed by atoms with Crippen LogP contribution in [0.25, 0.3) is 0 Å². The minimum atomic E-state index is -0.0675. The summed E-state index contributed by atoms with van der Waals surface area (Å²) in [6, 6.07) is 0.134. The summed E-state index contributed by atoms with van der Waals surface area (Å²) in [6.07, 6.45) is 3.39. The van der Waals surface area contributed by atoms with Gasteiger partial charge in [0, 0.05) is 45.5 Å². The molecule has 1 aromatic rings. The minimum absolute atomic E-state index is 0.00563. The van der Waals surface area contributed by atoms with Gasteiger partial charge in [-0.1, -0.05) is 5.16 Å². The Bertz CT molecular complexity index is 649. The first-order valence-corrected chi connectivity index (χ1v) is 9.63.